The zero-order chi connectivity index (χ0) is 15.2. The Labute approximate surface area is 120 Å². The van der Waals surface area contributed by atoms with E-state index in [-0.39, 0.29) is 30.0 Å². The first-order valence-corrected chi connectivity index (χ1v) is 6.56. The topological polar surface area (TPSA) is 71.5 Å². The van der Waals surface area contributed by atoms with E-state index in [2.05, 4.69) is 10.3 Å². The molecule has 0 saturated carbocycles. The number of aliphatic hydroxyl groups is 1. The van der Waals surface area contributed by atoms with E-state index in [0.29, 0.717) is 6.42 Å². The van der Waals surface area contributed by atoms with E-state index in [0.717, 1.165) is 0 Å². The molecule has 0 aromatic carbocycles. The van der Waals surface area contributed by atoms with Crippen LogP contribution in [-0.2, 0) is 0 Å². The van der Waals surface area contributed by atoms with Gasteiger partial charge in [-0.15, -0.1) is 0 Å². The molecule has 1 aromatic rings. The van der Waals surface area contributed by atoms with Gasteiger partial charge in [0, 0.05) is 24.8 Å². The molecule has 114 valence electrons. The summed E-state index contributed by atoms with van der Waals surface area (Å²) in [7, 11) is 0. The van der Waals surface area contributed by atoms with Crippen LogP contribution in [0.25, 0.3) is 0 Å². The molecule has 2 N–H and O–H groups in total. The van der Waals surface area contributed by atoms with Gasteiger partial charge in [-0.3, -0.25) is 4.79 Å². The first-order valence-electron chi connectivity index (χ1n) is 6.56. The monoisotopic (exact) mass is 298 g/mol. The summed E-state index contributed by atoms with van der Waals surface area (Å²) in [4.78, 5) is 16.0. The summed E-state index contributed by atoms with van der Waals surface area (Å²) >= 11 is 0. The predicted octanol–water partition coefficient (Wildman–Crippen LogP) is 1.39. The molecule has 0 aliphatic heterocycles. The molecule has 0 radical (unpaired) electrons. The molecule has 5 nitrogen and oxygen atoms in total. The Morgan fingerprint density at radius 2 is 2.33 bits per heavy atom. The van der Waals surface area contributed by atoms with Gasteiger partial charge in [-0.1, -0.05) is 12.2 Å². The molecule has 7 heteroatoms. The highest BCUT2D eigenvalue weighted by molar-refractivity contribution is 5.95. The molecule has 1 aliphatic rings. The van der Waals surface area contributed by atoms with Crippen LogP contribution < -0.4 is 10.1 Å². The fourth-order valence-electron chi connectivity index (χ4n) is 2.08. The minimum Gasteiger partial charge on any atom is -0.485 e. The van der Waals surface area contributed by atoms with Gasteiger partial charge in [-0.2, -0.15) is 0 Å². The summed E-state index contributed by atoms with van der Waals surface area (Å²) in [6.07, 6.45) is 3.00. The van der Waals surface area contributed by atoms with E-state index in [1.54, 1.807) is 6.08 Å². The predicted molar refractivity (Wildman–Crippen MR) is 71.3 cm³/mol. The standard InChI is InChI=1S/C14H16F2N2O3/c15-12(16)8-21-11-2-1-5-17-13(11)14(20)18-10-4-3-9(6-10)7-19/h1-5,9-10,12,19H,6-8H2,(H,18,20)/t9-,10+/m0/s1. The van der Waals surface area contributed by atoms with Crippen molar-refractivity contribution >= 4 is 5.91 Å². The lowest BCUT2D eigenvalue weighted by atomic mass is 10.1. The van der Waals surface area contributed by atoms with Crippen LogP contribution in [0.3, 0.4) is 0 Å². The van der Waals surface area contributed by atoms with E-state index in [9.17, 15) is 13.6 Å². The van der Waals surface area contributed by atoms with E-state index in [1.165, 1.54) is 18.3 Å². The maximum atomic E-state index is 12.2. The van der Waals surface area contributed by atoms with Crippen molar-refractivity contribution in [1.82, 2.24) is 10.3 Å². The zero-order valence-corrected chi connectivity index (χ0v) is 11.2. The van der Waals surface area contributed by atoms with E-state index in [1.807, 2.05) is 6.08 Å². The molecule has 0 fully saturated rings. The quantitative estimate of drug-likeness (QED) is 0.779. The Morgan fingerprint density at radius 3 is 3.00 bits per heavy atom. The number of carbonyl (C=O) groups excluding carboxylic acids is 1. The lowest BCUT2D eigenvalue weighted by Crippen LogP contribution is -2.33. The highest BCUT2D eigenvalue weighted by Crippen LogP contribution is 2.20. The number of carbonyl (C=O) groups is 1. The van der Waals surface area contributed by atoms with Crippen molar-refractivity contribution < 1.29 is 23.4 Å². The number of rotatable bonds is 6. The normalized spacial score (nSPS) is 20.8. The number of pyridine rings is 1. The lowest BCUT2D eigenvalue weighted by Gasteiger charge is -2.14. The summed E-state index contributed by atoms with van der Waals surface area (Å²) in [6.45, 7) is -0.767. The third kappa shape index (κ3) is 4.22. The number of ether oxygens (including phenoxy) is 1. The Balaban J connectivity index is 2.00. The Kier molecular flexibility index (Phi) is 5.21. The smallest absolute Gasteiger partial charge is 0.274 e. The van der Waals surface area contributed by atoms with Crippen LogP contribution in [0.1, 0.15) is 16.9 Å². The molecule has 1 heterocycles. The van der Waals surface area contributed by atoms with Crippen LogP contribution in [0, 0.1) is 5.92 Å². The number of hydrogen-bond donors (Lipinski definition) is 2. The van der Waals surface area contributed by atoms with Crippen LogP contribution in [0.15, 0.2) is 30.5 Å². The first-order chi connectivity index (χ1) is 10.1. The fourth-order valence-corrected chi connectivity index (χ4v) is 2.08. The van der Waals surface area contributed by atoms with Crippen molar-refractivity contribution in [1.29, 1.82) is 0 Å². The molecule has 2 rings (SSSR count). The van der Waals surface area contributed by atoms with Gasteiger partial charge in [-0.05, 0) is 18.6 Å². The number of aromatic nitrogens is 1. The Hall–Kier alpha value is -2.02. The third-order valence-corrected chi connectivity index (χ3v) is 3.07. The van der Waals surface area contributed by atoms with Crippen molar-refractivity contribution in [2.75, 3.05) is 13.2 Å². The Bertz CT molecular complexity index is 523. The summed E-state index contributed by atoms with van der Waals surface area (Å²) < 4.78 is 29.3. The molecular weight excluding hydrogens is 282 g/mol. The van der Waals surface area contributed by atoms with Crippen LogP contribution in [0.5, 0.6) is 5.75 Å². The van der Waals surface area contributed by atoms with Gasteiger partial charge in [0.25, 0.3) is 12.3 Å². The van der Waals surface area contributed by atoms with Gasteiger partial charge in [0.2, 0.25) is 0 Å². The number of hydrogen-bond acceptors (Lipinski definition) is 4. The van der Waals surface area contributed by atoms with E-state index in [4.69, 9.17) is 9.84 Å². The number of alkyl halides is 2. The van der Waals surface area contributed by atoms with Crippen molar-refractivity contribution in [2.45, 2.75) is 18.9 Å². The average molecular weight is 298 g/mol. The number of nitrogens with zero attached hydrogens (tertiary/aromatic N) is 1. The van der Waals surface area contributed by atoms with Crippen molar-refractivity contribution in [3.05, 3.63) is 36.2 Å². The third-order valence-electron chi connectivity index (χ3n) is 3.07. The molecule has 1 aromatic heterocycles. The largest absolute Gasteiger partial charge is 0.485 e. The maximum Gasteiger partial charge on any atom is 0.274 e. The molecule has 0 spiro atoms. The van der Waals surface area contributed by atoms with Gasteiger partial charge in [-0.25, -0.2) is 13.8 Å². The second kappa shape index (κ2) is 7.12. The van der Waals surface area contributed by atoms with Crippen molar-refractivity contribution in [2.24, 2.45) is 5.92 Å². The number of nitrogens with one attached hydrogen (secondary N) is 1. The van der Waals surface area contributed by atoms with Crippen LogP contribution >= 0.6 is 0 Å². The molecular formula is C14H16F2N2O3. The molecule has 2 atom stereocenters. The second-order valence-electron chi connectivity index (χ2n) is 4.70. The van der Waals surface area contributed by atoms with Gasteiger partial charge < -0.3 is 15.2 Å². The summed E-state index contributed by atoms with van der Waals surface area (Å²) in [5.41, 5.74) is -0.0287. The minimum atomic E-state index is -2.62. The van der Waals surface area contributed by atoms with Crippen LogP contribution in [0.2, 0.25) is 0 Å². The first kappa shape index (κ1) is 15.4. The van der Waals surface area contributed by atoms with E-state index < -0.39 is 18.9 Å². The highest BCUT2D eigenvalue weighted by atomic mass is 19.3. The van der Waals surface area contributed by atoms with Crippen LogP contribution in [0.4, 0.5) is 8.78 Å². The molecule has 1 amide bonds. The molecule has 0 saturated heterocycles. The number of halogens is 2. The van der Waals surface area contributed by atoms with Gasteiger partial charge in [0.15, 0.2) is 11.4 Å². The van der Waals surface area contributed by atoms with E-state index >= 15 is 0 Å². The van der Waals surface area contributed by atoms with Gasteiger partial charge in [0.05, 0.1) is 0 Å². The summed E-state index contributed by atoms with van der Waals surface area (Å²) in [5, 5.41) is 11.8. The molecule has 1 aliphatic carbocycles. The van der Waals surface area contributed by atoms with Crippen molar-refractivity contribution in [3.8, 4) is 5.75 Å². The van der Waals surface area contributed by atoms with Crippen LogP contribution in [-0.4, -0.2) is 41.7 Å². The summed E-state index contributed by atoms with van der Waals surface area (Å²) in [6, 6.07) is 2.72. The molecule has 21 heavy (non-hydrogen) atoms. The molecule has 0 bridgehead atoms. The SMILES string of the molecule is O=C(N[C@@H]1C=C[C@H](CO)C1)c1ncccc1OCC(F)F. The highest BCUT2D eigenvalue weighted by Gasteiger charge is 2.22. The van der Waals surface area contributed by atoms with Crippen molar-refractivity contribution in [3.63, 3.8) is 0 Å². The molecule has 0 unspecified atom stereocenters. The minimum absolute atomic E-state index is 0.0218. The van der Waals surface area contributed by atoms with Gasteiger partial charge in [0.1, 0.15) is 6.61 Å². The second-order valence-corrected chi connectivity index (χ2v) is 4.70. The number of aliphatic hydroxyl groups excluding tert-OH is 1. The maximum absolute atomic E-state index is 12.2. The number of amides is 1. The Morgan fingerprint density at radius 1 is 1.52 bits per heavy atom. The summed E-state index contributed by atoms with van der Waals surface area (Å²) in [5.74, 6) is -0.447. The van der Waals surface area contributed by atoms with Gasteiger partial charge >= 0.3 is 0 Å². The fraction of sp³-hybridized carbons (Fsp3) is 0.429. The zero-order valence-electron chi connectivity index (χ0n) is 11.2. The average Bonchev–Trinajstić information content (AvgIpc) is 2.93. The lowest BCUT2D eigenvalue weighted by molar-refractivity contribution is 0.0788.